The molecule has 2 rings (SSSR count). The van der Waals surface area contributed by atoms with Crippen molar-refractivity contribution in [2.75, 3.05) is 20.0 Å². The van der Waals surface area contributed by atoms with Gasteiger partial charge in [-0.05, 0) is 12.3 Å². The van der Waals surface area contributed by atoms with Gasteiger partial charge in [0.05, 0.1) is 25.3 Å². The molecule has 0 fully saturated rings. The Morgan fingerprint density at radius 1 is 1.20 bits per heavy atom. The summed E-state index contributed by atoms with van der Waals surface area (Å²) in [6.07, 6.45) is 1.00. The molecule has 0 amide bonds. The molecule has 0 saturated carbocycles. The molecule has 1 aromatic heterocycles. The fourth-order valence-corrected chi connectivity index (χ4v) is 2.74. The van der Waals surface area contributed by atoms with Crippen molar-refractivity contribution in [3.05, 3.63) is 12.1 Å². The summed E-state index contributed by atoms with van der Waals surface area (Å²) in [4.78, 5) is 4.45. The van der Waals surface area contributed by atoms with Crippen molar-refractivity contribution in [3.8, 4) is 11.5 Å². The number of nitrogens with two attached hydrogens (primary N) is 1. The number of nitrogen functional groups attached to an aromatic ring is 1. The van der Waals surface area contributed by atoms with E-state index in [2.05, 4.69) is 30.3 Å². The van der Waals surface area contributed by atoms with Crippen molar-refractivity contribution in [1.82, 2.24) is 9.55 Å². The van der Waals surface area contributed by atoms with Gasteiger partial charge in [-0.3, -0.25) is 0 Å². The highest BCUT2D eigenvalue weighted by molar-refractivity contribution is 5.82. The van der Waals surface area contributed by atoms with E-state index >= 15 is 0 Å². The van der Waals surface area contributed by atoms with E-state index in [0.29, 0.717) is 29.4 Å². The molecule has 20 heavy (non-hydrogen) atoms. The highest BCUT2D eigenvalue weighted by atomic mass is 16.5. The van der Waals surface area contributed by atoms with E-state index < -0.39 is 0 Å². The third-order valence-corrected chi connectivity index (χ3v) is 3.74. The number of nitrogens with zero attached hydrogens (tertiary/aromatic N) is 2. The van der Waals surface area contributed by atoms with E-state index in [9.17, 15) is 0 Å². The van der Waals surface area contributed by atoms with Gasteiger partial charge in [0.2, 0.25) is 5.95 Å². The lowest BCUT2D eigenvalue weighted by Gasteiger charge is -2.23. The summed E-state index contributed by atoms with van der Waals surface area (Å²) >= 11 is 0. The van der Waals surface area contributed by atoms with E-state index in [4.69, 9.17) is 15.2 Å². The summed E-state index contributed by atoms with van der Waals surface area (Å²) < 4.78 is 12.8. The molecule has 1 heterocycles. The van der Waals surface area contributed by atoms with E-state index in [1.165, 1.54) is 0 Å². The Morgan fingerprint density at radius 3 is 2.30 bits per heavy atom. The Bertz CT molecular complexity index is 605. The number of ether oxygens (including phenoxy) is 2. The minimum atomic E-state index is 0.318. The van der Waals surface area contributed by atoms with Crippen LogP contribution in [-0.4, -0.2) is 23.8 Å². The Balaban J connectivity index is 2.69. The van der Waals surface area contributed by atoms with Crippen LogP contribution in [0.1, 0.15) is 33.2 Å². The van der Waals surface area contributed by atoms with Crippen molar-refractivity contribution >= 4 is 17.0 Å². The van der Waals surface area contributed by atoms with Gasteiger partial charge in [-0.1, -0.05) is 20.8 Å². The maximum Gasteiger partial charge on any atom is 0.201 e. The van der Waals surface area contributed by atoms with Crippen LogP contribution in [0.15, 0.2) is 12.1 Å². The van der Waals surface area contributed by atoms with E-state index in [-0.39, 0.29) is 0 Å². The van der Waals surface area contributed by atoms with Crippen LogP contribution < -0.4 is 15.2 Å². The average molecular weight is 277 g/mol. The molecular formula is C15H23N3O2. The Hall–Kier alpha value is -1.91. The summed E-state index contributed by atoms with van der Waals surface area (Å²) in [5, 5.41) is 0. The predicted molar refractivity (Wildman–Crippen MR) is 81.4 cm³/mol. The maximum atomic E-state index is 6.12. The first-order valence-electron chi connectivity index (χ1n) is 6.92. The molecule has 2 N–H and O–H groups in total. The first kappa shape index (κ1) is 14.5. The lowest BCUT2D eigenvalue weighted by atomic mass is 10.0. The van der Waals surface area contributed by atoms with Crippen LogP contribution in [0.25, 0.3) is 11.0 Å². The summed E-state index contributed by atoms with van der Waals surface area (Å²) in [6, 6.07) is 4.13. The van der Waals surface area contributed by atoms with Crippen molar-refractivity contribution in [1.29, 1.82) is 0 Å². The van der Waals surface area contributed by atoms with E-state index in [1.54, 1.807) is 14.2 Å². The SMILES string of the molecule is CCC(C(C)C)n1c(N)nc2cc(OC)c(OC)cc21. The molecule has 5 nitrogen and oxygen atoms in total. The summed E-state index contributed by atoms with van der Waals surface area (Å²) in [6.45, 7) is 6.55. The first-order chi connectivity index (χ1) is 9.53. The van der Waals surface area contributed by atoms with Gasteiger partial charge in [-0.25, -0.2) is 4.98 Å². The van der Waals surface area contributed by atoms with E-state index in [0.717, 1.165) is 17.5 Å². The predicted octanol–water partition coefficient (Wildman–Crippen LogP) is 3.24. The molecule has 0 aliphatic heterocycles. The summed E-state index contributed by atoms with van der Waals surface area (Å²) in [7, 11) is 3.25. The number of hydrogen-bond donors (Lipinski definition) is 1. The molecule has 110 valence electrons. The molecule has 0 aliphatic rings. The van der Waals surface area contributed by atoms with Crippen LogP contribution in [0.3, 0.4) is 0 Å². The lowest BCUT2D eigenvalue weighted by Crippen LogP contribution is -2.16. The zero-order valence-electron chi connectivity index (χ0n) is 12.8. The molecule has 1 atom stereocenters. The molecular weight excluding hydrogens is 254 g/mol. The quantitative estimate of drug-likeness (QED) is 0.911. The number of imidazole rings is 1. The highest BCUT2D eigenvalue weighted by Crippen LogP contribution is 2.36. The number of fused-ring (bicyclic) bond motifs is 1. The van der Waals surface area contributed by atoms with Gasteiger partial charge >= 0.3 is 0 Å². The molecule has 5 heteroatoms. The standard InChI is InChI=1S/C15H23N3O2/c1-6-11(9(2)3)18-12-8-14(20-5)13(19-4)7-10(12)17-15(18)16/h7-9,11H,6H2,1-5H3,(H2,16,17). The second-order valence-electron chi connectivity index (χ2n) is 5.26. The van der Waals surface area contributed by atoms with Crippen LogP contribution in [0.2, 0.25) is 0 Å². The van der Waals surface area contributed by atoms with Crippen molar-refractivity contribution in [2.45, 2.75) is 33.2 Å². The molecule has 2 aromatic rings. The molecule has 1 unspecified atom stereocenters. The zero-order chi connectivity index (χ0) is 14.9. The maximum absolute atomic E-state index is 6.12. The fourth-order valence-electron chi connectivity index (χ4n) is 2.74. The monoisotopic (exact) mass is 277 g/mol. The minimum Gasteiger partial charge on any atom is -0.493 e. The fraction of sp³-hybridized carbons (Fsp3) is 0.533. The zero-order valence-corrected chi connectivity index (χ0v) is 12.8. The second-order valence-corrected chi connectivity index (χ2v) is 5.26. The molecule has 0 saturated heterocycles. The van der Waals surface area contributed by atoms with Crippen LogP contribution in [0.5, 0.6) is 11.5 Å². The number of rotatable bonds is 5. The topological polar surface area (TPSA) is 62.3 Å². The van der Waals surface area contributed by atoms with Gasteiger partial charge in [-0.15, -0.1) is 0 Å². The molecule has 0 aliphatic carbocycles. The van der Waals surface area contributed by atoms with Gasteiger partial charge in [-0.2, -0.15) is 0 Å². The number of methoxy groups -OCH3 is 2. The van der Waals surface area contributed by atoms with Crippen LogP contribution in [-0.2, 0) is 0 Å². The number of benzene rings is 1. The molecule has 0 spiro atoms. The van der Waals surface area contributed by atoms with Gasteiger partial charge in [0.25, 0.3) is 0 Å². The van der Waals surface area contributed by atoms with E-state index in [1.807, 2.05) is 12.1 Å². The smallest absolute Gasteiger partial charge is 0.201 e. The van der Waals surface area contributed by atoms with Gasteiger partial charge in [0, 0.05) is 18.2 Å². The molecule has 0 bridgehead atoms. The van der Waals surface area contributed by atoms with Gasteiger partial charge in [0.15, 0.2) is 11.5 Å². The third-order valence-electron chi connectivity index (χ3n) is 3.74. The van der Waals surface area contributed by atoms with Crippen LogP contribution in [0, 0.1) is 5.92 Å². The van der Waals surface area contributed by atoms with Crippen LogP contribution in [0.4, 0.5) is 5.95 Å². The van der Waals surface area contributed by atoms with Gasteiger partial charge in [0.1, 0.15) is 0 Å². The van der Waals surface area contributed by atoms with Crippen LogP contribution >= 0.6 is 0 Å². The highest BCUT2D eigenvalue weighted by Gasteiger charge is 2.21. The molecule has 0 radical (unpaired) electrons. The third kappa shape index (κ3) is 2.28. The number of anilines is 1. The lowest BCUT2D eigenvalue weighted by molar-refractivity contribution is 0.354. The summed E-state index contributed by atoms with van der Waals surface area (Å²) in [5.74, 6) is 2.38. The molecule has 1 aromatic carbocycles. The first-order valence-corrected chi connectivity index (χ1v) is 6.92. The average Bonchev–Trinajstić information content (AvgIpc) is 2.73. The largest absolute Gasteiger partial charge is 0.493 e. The normalized spacial score (nSPS) is 12.9. The summed E-state index contributed by atoms with van der Waals surface area (Å²) in [5.41, 5.74) is 7.94. The Labute approximate surface area is 119 Å². The second kappa shape index (κ2) is 5.61. The Kier molecular flexibility index (Phi) is 4.06. The number of aromatic nitrogens is 2. The minimum absolute atomic E-state index is 0.318. The van der Waals surface area contributed by atoms with Crippen molar-refractivity contribution < 1.29 is 9.47 Å². The van der Waals surface area contributed by atoms with Gasteiger partial charge < -0.3 is 19.8 Å². The Morgan fingerprint density at radius 2 is 1.80 bits per heavy atom. The number of hydrogen-bond acceptors (Lipinski definition) is 4. The van der Waals surface area contributed by atoms with Crippen molar-refractivity contribution in [2.24, 2.45) is 5.92 Å². The van der Waals surface area contributed by atoms with Crippen molar-refractivity contribution in [3.63, 3.8) is 0 Å².